The van der Waals surface area contributed by atoms with Gasteiger partial charge >= 0.3 is 0 Å². The number of anilines is 1. The van der Waals surface area contributed by atoms with Crippen molar-refractivity contribution in [3.05, 3.63) is 28.0 Å². The fraction of sp³-hybridized carbons (Fsp3) is 0.600. The lowest BCUT2D eigenvalue weighted by molar-refractivity contribution is 0.268. The van der Waals surface area contributed by atoms with E-state index < -0.39 is 0 Å². The summed E-state index contributed by atoms with van der Waals surface area (Å²) in [5.41, 5.74) is 2.02. The average molecular weight is 314 g/mol. The van der Waals surface area contributed by atoms with Gasteiger partial charge in [0.1, 0.15) is 5.82 Å². The molecule has 2 unspecified atom stereocenters. The number of rotatable bonds is 2. The summed E-state index contributed by atoms with van der Waals surface area (Å²) in [6.45, 7) is 6.57. The highest BCUT2D eigenvalue weighted by atomic mass is 79.9. The topological polar surface area (TPSA) is 12.0 Å². The summed E-state index contributed by atoms with van der Waals surface area (Å²) >= 11 is 3.26. The monoisotopic (exact) mass is 313 g/mol. The van der Waals surface area contributed by atoms with Crippen molar-refractivity contribution in [2.24, 2.45) is 11.8 Å². The van der Waals surface area contributed by atoms with Crippen LogP contribution in [-0.4, -0.2) is 6.04 Å². The van der Waals surface area contributed by atoms with Crippen LogP contribution in [0.25, 0.3) is 0 Å². The molecule has 1 aliphatic rings. The highest BCUT2D eigenvalue weighted by Gasteiger charge is 2.27. The highest BCUT2D eigenvalue weighted by molar-refractivity contribution is 9.10. The van der Waals surface area contributed by atoms with E-state index in [1.54, 1.807) is 6.07 Å². The molecule has 0 saturated heterocycles. The maximum absolute atomic E-state index is 13.4. The molecule has 1 N–H and O–H groups in total. The first-order valence-electron chi connectivity index (χ1n) is 6.71. The lowest BCUT2D eigenvalue weighted by Gasteiger charge is -2.36. The highest BCUT2D eigenvalue weighted by Crippen LogP contribution is 2.33. The molecule has 0 bridgehead atoms. The first-order chi connectivity index (χ1) is 8.49. The molecule has 3 heteroatoms. The van der Waals surface area contributed by atoms with Gasteiger partial charge in [0.2, 0.25) is 0 Å². The number of nitrogens with one attached hydrogen (secondary N) is 1. The van der Waals surface area contributed by atoms with Crippen molar-refractivity contribution in [3.63, 3.8) is 0 Å². The molecule has 1 aliphatic carbocycles. The lowest BCUT2D eigenvalue weighted by Crippen LogP contribution is -2.37. The summed E-state index contributed by atoms with van der Waals surface area (Å²) in [6.07, 6.45) is 3.89. The van der Waals surface area contributed by atoms with E-state index in [0.29, 0.717) is 22.4 Å². The predicted octanol–water partition coefficient (Wildman–Crippen LogP) is 5.13. The molecule has 18 heavy (non-hydrogen) atoms. The fourth-order valence-corrected chi connectivity index (χ4v) is 3.29. The third-order valence-electron chi connectivity index (χ3n) is 4.13. The maximum atomic E-state index is 13.4. The molecule has 1 aromatic carbocycles. The second kappa shape index (κ2) is 5.60. The Hall–Kier alpha value is -0.570. The van der Waals surface area contributed by atoms with Gasteiger partial charge in [-0.25, -0.2) is 4.39 Å². The van der Waals surface area contributed by atoms with E-state index in [2.05, 4.69) is 35.1 Å². The smallest absolute Gasteiger partial charge is 0.137 e. The zero-order valence-electron chi connectivity index (χ0n) is 11.3. The minimum atomic E-state index is -0.192. The molecule has 0 radical (unpaired) electrons. The quantitative estimate of drug-likeness (QED) is 0.797. The molecule has 1 fully saturated rings. The van der Waals surface area contributed by atoms with Gasteiger partial charge in [-0.1, -0.05) is 20.3 Å². The van der Waals surface area contributed by atoms with Crippen LogP contribution in [0.15, 0.2) is 16.6 Å². The van der Waals surface area contributed by atoms with Gasteiger partial charge in [0, 0.05) is 11.7 Å². The van der Waals surface area contributed by atoms with Crippen molar-refractivity contribution < 1.29 is 4.39 Å². The minimum absolute atomic E-state index is 0.192. The van der Waals surface area contributed by atoms with Gasteiger partial charge in [0.05, 0.1) is 4.47 Å². The molecule has 1 nitrogen and oxygen atoms in total. The molecule has 1 saturated carbocycles. The Bertz CT molecular complexity index is 423. The van der Waals surface area contributed by atoms with Crippen LogP contribution in [0, 0.1) is 24.6 Å². The van der Waals surface area contributed by atoms with Gasteiger partial charge in [0.25, 0.3) is 0 Å². The summed E-state index contributed by atoms with van der Waals surface area (Å²) in [5, 5.41) is 3.62. The normalized spacial score (nSPS) is 28.2. The molecule has 1 aromatic rings. The van der Waals surface area contributed by atoms with Crippen LogP contribution >= 0.6 is 15.9 Å². The number of aryl methyl sites for hydroxylation is 1. The van der Waals surface area contributed by atoms with Gasteiger partial charge in [-0.05, 0) is 65.2 Å². The van der Waals surface area contributed by atoms with E-state index in [0.717, 1.165) is 11.3 Å². The van der Waals surface area contributed by atoms with Crippen LogP contribution in [0.1, 0.15) is 38.7 Å². The Morgan fingerprint density at radius 3 is 2.44 bits per heavy atom. The van der Waals surface area contributed by atoms with Crippen LogP contribution in [0.3, 0.4) is 0 Å². The van der Waals surface area contributed by atoms with Crippen LogP contribution in [0.5, 0.6) is 0 Å². The Balaban J connectivity index is 2.20. The van der Waals surface area contributed by atoms with Crippen molar-refractivity contribution in [3.8, 4) is 0 Å². The first kappa shape index (κ1) is 13.9. The number of hydrogen-bond donors (Lipinski definition) is 1. The van der Waals surface area contributed by atoms with E-state index >= 15 is 0 Å². The van der Waals surface area contributed by atoms with Gasteiger partial charge in [-0.2, -0.15) is 0 Å². The summed E-state index contributed by atoms with van der Waals surface area (Å²) in [7, 11) is 0. The van der Waals surface area contributed by atoms with Crippen LogP contribution in [0.2, 0.25) is 0 Å². The maximum Gasteiger partial charge on any atom is 0.137 e. The Kier molecular flexibility index (Phi) is 4.31. The van der Waals surface area contributed by atoms with Crippen molar-refractivity contribution in [2.45, 2.75) is 46.1 Å². The SMILES string of the molecule is Cc1cc(F)c(Br)cc1NC1C(C)CCCC1C. The second-order valence-corrected chi connectivity index (χ2v) is 6.49. The van der Waals surface area contributed by atoms with E-state index in [4.69, 9.17) is 0 Å². The summed E-state index contributed by atoms with van der Waals surface area (Å²) < 4.78 is 14.0. The van der Waals surface area contributed by atoms with E-state index in [9.17, 15) is 4.39 Å². The minimum Gasteiger partial charge on any atom is -0.382 e. The molecule has 0 aliphatic heterocycles. The zero-order chi connectivity index (χ0) is 13.3. The summed E-state index contributed by atoms with van der Waals surface area (Å²) in [6, 6.07) is 3.94. The second-order valence-electron chi connectivity index (χ2n) is 5.64. The summed E-state index contributed by atoms with van der Waals surface area (Å²) in [5.74, 6) is 1.16. The first-order valence-corrected chi connectivity index (χ1v) is 7.50. The third-order valence-corrected chi connectivity index (χ3v) is 4.74. The Morgan fingerprint density at radius 2 is 1.83 bits per heavy atom. The van der Waals surface area contributed by atoms with E-state index in [-0.39, 0.29) is 5.82 Å². The molecule has 100 valence electrons. The Morgan fingerprint density at radius 1 is 1.22 bits per heavy atom. The van der Waals surface area contributed by atoms with Gasteiger partial charge in [-0.15, -0.1) is 0 Å². The van der Waals surface area contributed by atoms with Crippen molar-refractivity contribution in [1.29, 1.82) is 0 Å². The van der Waals surface area contributed by atoms with Crippen LogP contribution < -0.4 is 5.32 Å². The van der Waals surface area contributed by atoms with Gasteiger partial charge in [0.15, 0.2) is 0 Å². The standard InChI is InChI=1S/C15H21BrFN/c1-9-5-4-6-10(2)15(9)18-14-8-12(16)13(17)7-11(14)3/h7-10,15,18H,4-6H2,1-3H3. The molecule has 0 heterocycles. The predicted molar refractivity (Wildman–Crippen MR) is 78.4 cm³/mol. The molecule has 2 atom stereocenters. The van der Waals surface area contributed by atoms with E-state index in [1.165, 1.54) is 19.3 Å². The van der Waals surface area contributed by atoms with E-state index in [1.807, 2.05) is 13.0 Å². The molecule has 0 aromatic heterocycles. The molecule has 0 spiro atoms. The number of halogens is 2. The number of benzene rings is 1. The van der Waals surface area contributed by atoms with Crippen molar-refractivity contribution in [2.75, 3.05) is 5.32 Å². The largest absolute Gasteiger partial charge is 0.382 e. The zero-order valence-corrected chi connectivity index (χ0v) is 12.8. The lowest BCUT2D eigenvalue weighted by atomic mass is 9.78. The average Bonchev–Trinajstić information content (AvgIpc) is 2.30. The number of hydrogen-bond acceptors (Lipinski definition) is 1. The van der Waals surface area contributed by atoms with Gasteiger partial charge < -0.3 is 5.32 Å². The van der Waals surface area contributed by atoms with Crippen LogP contribution in [-0.2, 0) is 0 Å². The molecular weight excluding hydrogens is 293 g/mol. The Labute approximate surface area is 117 Å². The van der Waals surface area contributed by atoms with Gasteiger partial charge in [-0.3, -0.25) is 0 Å². The molecular formula is C15H21BrFN. The fourth-order valence-electron chi connectivity index (χ4n) is 2.95. The summed E-state index contributed by atoms with van der Waals surface area (Å²) in [4.78, 5) is 0. The van der Waals surface area contributed by atoms with Crippen molar-refractivity contribution >= 4 is 21.6 Å². The molecule has 0 amide bonds. The molecule has 2 rings (SSSR count). The van der Waals surface area contributed by atoms with Crippen LogP contribution in [0.4, 0.5) is 10.1 Å². The van der Waals surface area contributed by atoms with Crippen molar-refractivity contribution in [1.82, 2.24) is 0 Å². The third kappa shape index (κ3) is 2.87.